The molecule has 1 saturated heterocycles. The third kappa shape index (κ3) is 6.42. The van der Waals surface area contributed by atoms with Crippen molar-refractivity contribution in [2.75, 3.05) is 13.2 Å². The monoisotopic (exact) mass is 423 g/mol. The molecular weight excluding hydrogens is 399 g/mol. The number of carboxylic acid groups (broad SMARTS) is 1. The molecule has 0 bridgehead atoms. The van der Waals surface area contributed by atoms with E-state index in [2.05, 4.69) is 15.2 Å². The van der Waals surface area contributed by atoms with Crippen LogP contribution in [0, 0.1) is 5.92 Å². The van der Waals surface area contributed by atoms with E-state index in [1.165, 1.54) is 0 Å². The first kappa shape index (κ1) is 22.6. The van der Waals surface area contributed by atoms with Crippen molar-refractivity contribution in [2.45, 2.75) is 57.6 Å². The van der Waals surface area contributed by atoms with E-state index in [9.17, 15) is 18.0 Å². The summed E-state index contributed by atoms with van der Waals surface area (Å²) < 4.78 is 37.6. The highest BCUT2D eigenvalue weighted by Crippen LogP contribution is 2.35. The lowest BCUT2D eigenvalue weighted by atomic mass is 10.1. The molecule has 0 spiro atoms. The summed E-state index contributed by atoms with van der Waals surface area (Å²) >= 11 is 1.69. The van der Waals surface area contributed by atoms with E-state index >= 15 is 0 Å². The molecule has 2 N–H and O–H groups in total. The molecule has 2 aliphatic rings. The van der Waals surface area contributed by atoms with E-state index < -0.39 is 12.1 Å². The maximum atomic E-state index is 12.2. The van der Waals surface area contributed by atoms with E-state index in [1.54, 1.807) is 11.3 Å². The highest BCUT2D eigenvalue weighted by Gasteiger charge is 2.43. The minimum absolute atomic E-state index is 0.0827. The van der Waals surface area contributed by atoms with Gasteiger partial charge in [0.25, 0.3) is 0 Å². The number of fused-ring (bicyclic) bond motifs is 1. The molecule has 1 aliphatic heterocycles. The van der Waals surface area contributed by atoms with Crippen molar-refractivity contribution in [3.05, 3.63) is 16.6 Å². The SMILES string of the molecule is CC(C)NC(=O)[C@H]1C[C@@H]2[C@@H](C1)OCCN2Cc1nccs1.O=C(O)C(F)(F)F. The van der Waals surface area contributed by atoms with Crippen LogP contribution in [0.15, 0.2) is 11.6 Å². The third-order valence-corrected chi connectivity index (χ3v) is 5.28. The standard InChI is InChI=1S/C15H23N3O2S.C2HF3O2/c1-10(2)17-15(19)11-7-12-13(8-11)20-5-4-18(12)9-14-16-3-6-21-14;3-2(4,5)1(6)7/h3,6,10-13H,4-5,7-9H2,1-2H3,(H,17,19);(H,6,7)/t11-,12+,13+;/m0./s1. The molecule has 1 aromatic rings. The Morgan fingerprint density at radius 2 is 2.11 bits per heavy atom. The van der Waals surface area contributed by atoms with Gasteiger partial charge in [-0.25, -0.2) is 9.78 Å². The summed E-state index contributed by atoms with van der Waals surface area (Å²) in [6.07, 6.45) is -1.29. The van der Waals surface area contributed by atoms with Gasteiger partial charge in [-0.1, -0.05) is 0 Å². The van der Waals surface area contributed by atoms with Gasteiger partial charge >= 0.3 is 12.1 Å². The Morgan fingerprint density at radius 3 is 2.64 bits per heavy atom. The number of carbonyl (C=O) groups excluding carboxylic acids is 1. The summed E-state index contributed by atoms with van der Waals surface area (Å²) in [7, 11) is 0. The number of aliphatic carboxylic acids is 1. The van der Waals surface area contributed by atoms with E-state index in [0.29, 0.717) is 6.04 Å². The van der Waals surface area contributed by atoms with E-state index in [1.807, 2.05) is 25.4 Å². The molecule has 28 heavy (non-hydrogen) atoms. The number of thiazole rings is 1. The number of halogens is 3. The van der Waals surface area contributed by atoms with Crippen LogP contribution in [-0.4, -0.2) is 64.4 Å². The van der Waals surface area contributed by atoms with E-state index in [-0.39, 0.29) is 24.0 Å². The Labute approximate surface area is 164 Å². The van der Waals surface area contributed by atoms with E-state index in [4.69, 9.17) is 14.6 Å². The summed E-state index contributed by atoms with van der Waals surface area (Å²) in [4.78, 5) is 27.9. The summed E-state index contributed by atoms with van der Waals surface area (Å²) in [6.45, 7) is 6.57. The van der Waals surface area contributed by atoms with Gasteiger partial charge in [-0.3, -0.25) is 9.69 Å². The normalized spacial score (nSPS) is 25.0. The number of nitrogens with one attached hydrogen (secondary N) is 1. The Morgan fingerprint density at radius 1 is 1.43 bits per heavy atom. The smallest absolute Gasteiger partial charge is 0.475 e. The number of alkyl halides is 3. The maximum Gasteiger partial charge on any atom is 0.490 e. The number of aromatic nitrogens is 1. The summed E-state index contributed by atoms with van der Waals surface area (Å²) in [5.41, 5.74) is 0. The number of amides is 1. The second kappa shape index (κ2) is 9.66. The van der Waals surface area contributed by atoms with Crippen LogP contribution in [0.3, 0.4) is 0 Å². The third-order valence-electron chi connectivity index (χ3n) is 4.52. The number of carbonyl (C=O) groups is 2. The van der Waals surface area contributed by atoms with Crippen molar-refractivity contribution in [2.24, 2.45) is 5.92 Å². The zero-order valence-electron chi connectivity index (χ0n) is 15.6. The maximum absolute atomic E-state index is 12.2. The fourth-order valence-corrected chi connectivity index (χ4v) is 3.99. The lowest BCUT2D eigenvalue weighted by Crippen LogP contribution is -2.47. The molecule has 3 rings (SSSR count). The van der Waals surface area contributed by atoms with Gasteiger partial charge in [0.15, 0.2) is 0 Å². The van der Waals surface area contributed by atoms with Crippen molar-refractivity contribution in [3.8, 4) is 0 Å². The van der Waals surface area contributed by atoms with Crippen molar-refractivity contribution >= 4 is 23.2 Å². The average molecular weight is 423 g/mol. The number of morpholine rings is 1. The number of hydrogen-bond donors (Lipinski definition) is 2. The molecule has 0 aromatic carbocycles. The number of carboxylic acids is 1. The highest BCUT2D eigenvalue weighted by atomic mass is 32.1. The molecule has 0 radical (unpaired) electrons. The largest absolute Gasteiger partial charge is 0.490 e. The van der Waals surface area contributed by atoms with Gasteiger partial charge in [0, 0.05) is 36.1 Å². The van der Waals surface area contributed by atoms with Gasteiger partial charge in [0.2, 0.25) is 5.91 Å². The first-order chi connectivity index (χ1) is 13.1. The summed E-state index contributed by atoms with van der Waals surface area (Å²) in [5.74, 6) is -2.50. The minimum atomic E-state index is -5.08. The number of rotatable bonds is 4. The second-order valence-corrected chi connectivity index (χ2v) is 7.99. The molecule has 3 atom stereocenters. The van der Waals surface area contributed by atoms with Gasteiger partial charge in [-0.2, -0.15) is 13.2 Å². The van der Waals surface area contributed by atoms with Crippen LogP contribution in [0.2, 0.25) is 0 Å². The molecular formula is C17H24F3N3O4S. The predicted octanol–water partition coefficient (Wildman–Crippen LogP) is 2.28. The van der Waals surface area contributed by atoms with Gasteiger partial charge in [-0.05, 0) is 26.7 Å². The molecule has 1 amide bonds. The number of hydrogen-bond acceptors (Lipinski definition) is 6. The molecule has 0 unspecified atom stereocenters. The van der Waals surface area contributed by atoms with Crippen molar-refractivity contribution < 1.29 is 32.6 Å². The lowest BCUT2D eigenvalue weighted by molar-refractivity contribution is -0.192. The first-order valence-electron chi connectivity index (χ1n) is 8.92. The van der Waals surface area contributed by atoms with Crippen LogP contribution in [0.4, 0.5) is 13.2 Å². The number of nitrogens with zero attached hydrogens (tertiary/aromatic N) is 2. The summed E-state index contributed by atoms with van der Waals surface area (Å²) in [5, 5.41) is 13.3. The highest BCUT2D eigenvalue weighted by molar-refractivity contribution is 7.09. The number of ether oxygens (including phenoxy) is 1. The van der Waals surface area contributed by atoms with Crippen LogP contribution in [0.25, 0.3) is 0 Å². The topological polar surface area (TPSA) is 91.8 Å². The molecule has 2 heterocycles. The predicted molar refractivity (Wildman–Crippen MR) is 95.7 cm³/mol. The quantitative estimate of drug-likeness (QED) is 0.772. The van der Waals surface area contributed by atoms with Crippen molar-refractivity contribution in [1.82, 2.24) is 15.2 Å². The molecule has 7 nitrogen and oxygen atoms in total. The van der Waals surface area contributed by atoms with Crippen LogP contribution in [0.1, 0.15) is 31.7 Å². The Kier molecular flexibility index (Phi) is 7.79. The van der Waals surface area contributed by atoms with Crippen LogP contribution in [0.5, 0.6) is 0 Å². The minimum Gasteiger partial charge on any atom is -0.475 e. The summed E-state index contributed by atoms with van der Waals surface area (Å²) in [6, 6.07) is 0.554. The van der Waals surface area contributed by atoms with Gasteiger partial charge in [-0.15, -0.1) is 11.3 Å². The molecule has 1 aliphatic carbocycles. The Hall–Kier alpha value is -1.72. The van der Waals surface area contributed by atoms with Crippen LogP contribution < -0.4 is 5.32 Å². The lowest BCUT2D eigenvalue weighted by Gasteiger charge is -2.37. The van der Waals surface area contributed by atoms with Crippen LogP contribution in [-0.2, 0) is 20.9 Å². The fraction of sp³-hybridized carbons (Fsp3) is 0.706. The van der Waals surface area contributed by atoms with E-state index in [0.717, 1.165) is 37.5 Å². The molecule has 11 heteroatoms. The fourth-order valence-electron chi connectivity index (χ4n) is 3.35. The Bertz CT molecular complexity index is 655. The zero-order valence-corrected chi connectivity index (χ0v) is 16.4. The van der Waals surface area contributed by atoms with Crippen LogP contribution >= 0.6 is 11.3 Å². The van der Waals surface area contributed by atoms with Crippen molar-refractivity contribution in [1.29, 1.82) is 0 Å². The Balaban J connectivity index is 0.000000345. The zero-order chi connectivity index (χ0) is 20.9. The first-order valence-corrected chi connectivity index (χ1v) is 9.80. The molecule has 1 aromatic heterocycles. The second-order valence-electron chi connectivity index (χ2n) is 7.01. The van der Waals surface area contributed by atoms with Gasteiger partial charge in [0.1, 0.15) is 5.01 Å². The van der Waals surface area contributed by atoms with Crippen molar-refractivity contribution in [3.63, 3.8) is 0 Å². The van der Waals surface area contributed by atoms with Gasteiger partial charge < -0.3 is 15.2 Å². The average Bonchev–Trinajstić information content (AvgIpc) is 3.23. The molecule has 2 fully saturated rings. The van der Waals surface area contributed by atoms with Gasteiger partial charge in [0.05, 0.1) is 19.3 Å². The molecule has 1 saturated carbocycles. The molecule has 158 valence electrons.